The van der Waals surface area contributed by atoms with Gasteiger partial charge in [-0.05, 0) is 30.7 Å². The van der Waals surface area contributed by atoms with E-state index in [-0.39, 0.29) is 12.2 Å². The molecule has 0 radical (unpaired) electrons. The fraction of sp³-hybridized carbons (Fsp3) is 0.200. The Hall–Kier alpha value is -2.25. The van der Waals surface area contributed by atoms with Gasteiger partial charge in [0.15, 0.2) is 16.7 Å². The second kappa shape index (κ2) is 5.86. The summed E-state index contributed by atoms with van der Waals surface area (Å²) in [5.74, 6) is 0.423. The number of hydrogen-bond acceptors (Lipinski definition) is 4. The number of benzene rings is 1. The maximum absolute atomic E-state index is 10.8. The van der Waals surface area contributed by atoms with E-state index in [1.54, 1.807) is 6.20 Å². The van der Waals surface area contributed by atoms with Gasteiger partial charge in [0.2, 0.25) is 0 Å². The summed E-state index contributed by atoms with van der Waals surface area (Å²) in [5, 5.41) is 0. The van der Waals surface area contributed by atoms with E-state index in [0.29, 0.717) is 6.54 Å². The van der Waals surface area contributed by atoms with Crippen LogP contribution in [0.15, 0.2) is 48.7 Å². The molecule has 0 spiro atoms. The number of aryl methyl sites for hydroxylation is 1. The molecule has 0 amide bonds. The Labute approximate surface area is 128 Å². The van der Waals surface area contributed by atoms with Crippen molar-refractivity contribution in [2.45, 2.75) is 13.0 Å². The van der Waals surface area contributed by atoms with Crippen molar-refractivity contribution in [3.63, 3.8) is 0 Å². The first-order valence-electron chi connectivity index (χ1n) is 6.90. The number of pyridine rings is 1. The minimum Gasteiger partial charge on any atom is -0.748 e. The Morgan fingerprint density at radius 1 is 1.14 bits per heavy atom. The number of para-hydroxylation sites is 2. The van der Waals surface area contributed by atoms with Gasteiger partial charge in [0.25, 0.3) is 0 Å². The van der Waals surface area contributed by atoms with Gasteiger partial charge in [-0.2, -0.15) is 0 Å². The molecule has 0 aliphatic carbocycles. The zero-order valence-corrected chi connectivity index (χ0v) is 12.6. The van der Waals surface area contributed by atoms with Crippen molar-refractivity contribution in [3.8, 4) is 11.5 Å². The first kappa shape index (κ1) is 14.7. The summed E-state index contributed by atoms with van der Waals surface area (Å²) < 4.78 is 34.3. The Morgan fingerprint density at radius 3 is 2.64 bits per heavy atom. The van der Waals surface area contributed by atoms with Gasteiger partial charge in [0.05, 0.1) is 16.7 Å². The lowest BCUT2D eigenvalue weighted by atomic mass is 10.3. The average Bonchev–Trinajstić information content (AvgIpc) is 2.86. The van der Waals surface area contributed by atoms with Gasteiger partial charge in [0, 0.05) is 11.9 Å². The summed E-state index contributed by atoms with van der Waals surface area (Å²) in [6.07, 6.45) is 1.96. The average molecular weight is 317 g/mol. The number of aromatic nitrogens is 3. The van der Waals surface area contributed by atoms with Crippen molar-refractivity contribution in [1.29, 1.82) is 0 Å². The third kappa shape index (κ3) is 3.15. The molecule has 1 N–H and O–H groups in total. The van der Waals surface area contributed by atoms with Gasteiger partial charge in [-0.15, -0.1) is 0 Å². The Morgan fingerprint density at radius 2 is 1.91 bits per heavy atom. The molecule has 22 heavy (non-hydrogen) atoms. The lowest BCUT2D eigenvalue weighted by Gasteiger charge is -2.06. The molecule has 0 aliphatic heterocycles. The Kier molecular flexibility index (Phi) is 3.91. The molecule has 1 aromatic carbocycles. The van der Waals surface area contributed by atoms with E-state index < -0.39 is 10.1 Å². The summed E-state index contributed by atoms with van der Waals surface area (Å²) in [6.45, 7) is 0.428. The molecule has 3 aromatic rings. The van der Waals surface area contributed by atoms with E-state index in [1.807, 2.05) is 47.0 Å². The zero-order valence-electron chi connectivity index (χ0n) is 11.8. The molecule has 3 rings (SSSR count). The lowest BCUT2D eigenvalue weighted by Crippen LogP contribution is -2.36. The monoisotopic (exact) mass is 317 g/mol. The minimum absolute atomic E-state index is 0.262. The molecular formula is C15H15N3O3S. The van der Waals surface area contributed by atoms with Crippen LogP contribution in [0.1, 0.15) is 6.42 Å². The number of hydrogen-bond donors (Lipinski definition) is 1. The molecule has 0 fully saturated rings. The molecule has 0 saturated carbocycles. The molecule has 2 aromatic heterocycles. The maximum atomic E-state index is 10.8. The van der Waals surface area contributed by atoms with E-state index in [2.05, 4.69) is 9.97 Å². The van der Waals surface area contributed by atoms with Crippen molar-refractivity contribution in [3.05, 3.63) is 48.7 Å². The largest absolute Gasteiger partial charge is 0.748 e. The first-order valence-corrected chi connectivity index (χ1v) is 8.48. The van der Waals surface area contributed by atoms with Crippen molar-refractivity contribution in [2.75, 3.05) is 5.75 Å². The Balaban J connectivity index is 2.02. The normalized spacial score (nSPS) is 11.9. The number of imidazole rings is 1. The van der Waals surface area contributed by atoms with E-state index in [0.717, 1.165) is 22.6 Å². The van der Waals surface area contributed by atoms with Crippen LogP contribution in [-0.2, 0) is 16.7 Å². The summed E-state index contributed by atoms with van der Waals surface area (Å²) in [6, 6.07) is 13.3. The SMILES string of the molecule is O=S(=O)([O-])CCC[n+]1c(-c2ccccn2)[nH]c2ccccc21. The van der Waals surface area contributed by atoms with Crippen molar-refractivity contribution >= 4 is 21.2 Å². The van der Waals surface area contributed by atoms with E-state index in [4.69, 9.17) is 0 Å². The molecule has 0 saturated heterocycles. The predicted molar refractivity (Wildman–Crippen MR) is 80.9 cm³/mol. The summed E-state index contributed by atoms with van der Waals surface area (Å²) >= 11 is 0. The number of rotatable bonds is 5. The van der Waals surface area contributed by atoms with Gasteiger partial charge in [-0.3, -0.25) is 0 Å². The minimum atomic E-state index is -4.20. The van der Waals surface area contributed by atoms with Crippen LogP contribution in [0.2, 0.25) is 0 Å². The van der Waals surface area contributed by atoms with Crippen LogP contribution in [-0.4, -0.2) is 28.7 Å². The number of fused-ring (bicyclic) bond motifs is 1. The van der Waals surface area contributed by atoms with E-state index >= 15 is 0 Å². The molecule has 0 aliphatic rings. The fourth-order valence-corrected chi connectivity index (χ4v) is 2.95. The van der Waals surface area contributed by atoms with Gasteiger partial charge in [-0.1, -0.05) is 18.2 Å². The smallest absolute Gasteiger partial charge is 0.306 e. The molecule has 0 unspecified atom stereocenters. The number of H-pyrrole nitrogens is 1. The first-order chi connectivity index (χ1) is 10.5. The molecule has 6 nitrogen and oxygen atoms in total. The van der Waals surface area contributed by atoms with Gasteiger partial charge >= 0.3 is 5.82 Å². The van der Waals surface area contributed by atoms with Crippen LogP contribution in [0.3, 0.4) is 0 Å². The van der Waals surface area contributed by atoms with E-state index in [9.17, 15) is 13.0 Å². The van der Waals surface area contributed by atoms with Crippen LogP contribution in [0, 0.1) is 0 Å². The van der Waals surface area contributed by atoms with Crippen LogP contribution in [0.4, 0.5) is 0 Å². The quantitative estimate of drug-likeness (QED) is 0.570. The molecular weight excluding hydrogens is 302 g/mol. The number of nitrogens with one attached hydrogen (secondary N) is 1. The highest BCUT2D eigenvalue weighted by Crippen LogP contribution is 2.16. The topological polar surface area (TPSA) is 89.8 Å². The third-order valence-electron chi connectivity index (χ3n) is 3.40. The van der Waals surface area contributed by atoms with Crippen LogP contribution in [0.5, 0.6) is 0 Å². The highest BCUT2D eigenvalue weighted by Gasteiger charge is 2.20. The summed E-state index contributed by atoms with van der Waals surface area (Å²) in [4.78, 5) is 7.63. The van der Waals surface area contributed by atoms with Gasteiger partial charge in [-0.25, -0.2) is 23.0 Å². The second-order valence-corrected chi connectivity index (χ2v) is 6.50. The molecule has 2 heterocycles. The lowest BCUT2D eigenvalue weighted by molar-refractivity contribution is -0.660. The third-order valence-corrected chi connectivity index (χ3v) is 4.19. The molecule has 7 heteroatoms. The van der Waals surface area contributed by atoms with Crippen molar-refractivity contribution in [2.24, 2.45) is 0 Å². The summed E-state index contributed by atoms with van der Waals surface area (Å²) in [5.41, 5.74) is 2.66. The Bertz CT molecular complexity index is 889. The number of aromatic amines is 1. The predicted octanol–water partition coefficient (Wildman–Crippen LogP) is 1.45. The fourth-order valence-electron chi connectivity index (χ4n) is 2.47. The van der Waals surface area contributed by atoms with Crippen LogP contribution >= 0.6 is 0 Å². The van der Waals surface area contributed by atoms with Crippen LogP contribution < -0.4 is 4.57 Å². The molecule has 0 atom stereocenters. The van der Waals surface area contributed by atoms with Gasteiger partial charge < -0.3 is 4.55 Å². The van der Waals surface area contributed by atoms with Crippen LogP contribution in [0.25, 0.3) is 22.6 Å². The highest BCUT2D eigenvalue weighted by atomic mass is 32.2. The zero-order chi connectivity index (χ0) is 15.6. The maximum Gasteiger partial charge on any atom is 0.306 e. The highest BCUT2D eigenvalue weighted by molar-refractivity contribution is 7.85. The second-order valence-electron chi connectivity index (χ2n) is 4.97. The number of nitrogens with zero attached hydrogens (tertiary/aromatic N) is 2. The van der Waals surface area contributed by atoms with Gasteiger partial charge in [0.1, 0.15) is 0 Å². The standard InChI is InChI=1S/C15H15N3O3S/c19-22(20,21)11-5-10-18-14-8-2-1-6-12(14)17-15(18)13-7-3-4-9-16-13/h1-4,6-9H,5,10-11H2,(H,19,20,21). The summed E-state index contributed by atoms with van der Waals surface area (Å²) in [7, 11) is -4.20. The molecule has 114 valence electrons. The molecule has 0 bridgehead atoms. The van der Waals surface area contributed by atoms with E-state index in [1.165, 1.54) is 0 Å². The van der Waals surface area contributed by atoms with Crippen molar-refractivity contribution < 1.29 is 17.5 Å². The van der Waals surface area contributed by atoms with Crippen molar-refractivity contribution in [1.82, 2.24) is 9.97 Å².